The Bertz CT molecular complexity index is 392. The summed E-state index contributed by atoms with van der Waals surface area (Å²) in [6.45, 7) is 4.22. The molecule has 0 aliphatic carbocycles. The molecule has 102 valence electrons. The van der Waals surface area contributed by atoms with Crippen LogP contribution < -0.4 is 9.47 Å². The Balaban J connectivity index is 3.16. The van der Waals surface area contributed by atoms with E-state index >= 15 is 0 Å². The van der Waals surface area contributed by atoms with Crippen molar-refractivity contribution in [3.05, 3.63) is 23.5 Å². The van der Waals surface area contributed by atoms with E-state index < -0.39 is 0 Å². The van der Waals surface area contributed by atoms with Gasteiger partial charge in [0, 0.05) is 16.5 Å². The molecule has 0 aromatic heterocycles. The quantitative estimate of drug-likeness (QED) is 0.707. The van der Waals surface area contributed by atoms with Gasteiger partial charge in [-0.1, -0.05) is 42.6 Å². The van der Waals surface area contributed by atoms with Crippen LogP contribution >= 0.6 is 15.9 Å². The second-order valence-electron chi connectivity index (χ2n) is 4.21. The molecule has 1 aromatic carbocycles. The number of rotatable bonds is 6. The molecule has 0 spiro atoms. The van der Waals surface area contributed by atoms with Gasteiger partial charge in [0.2, 0.25) is 0 Å². The summed E-state index contributed by atoms with van der Waals surface area (Å²) in [5.74, 6) is 1.12. The van der Waals surface area contributed by atoms with Gasteiger partial charge in [0.1, 0.15) is 5.82 Å². The summed E-state index contributed by atoms with van der Waals surface area (Å²) in [6.07, 6.45) is 2.00. The largest absolute Gasteiger partial charge is 0.493 e. The summed E-state index contributed by atoms with van der Waals surface area (Å²) in [6, 6.07) is 3.09. The molecule has 0 fully saturated rings. The lowest BCUT2D eigenvalue weighted by molar-refractivity contribution is 0.350. The third-order valence-electron chi connectivity index (χ3n) is 3.26. The van der Waals surface area contributed by atoms with Crippen LogP contribution in [0.2, 0.25) is 0 Å². The van der Waals surface area contributed by atoms with Crippen molar-refractivity contribution in [1.29, 1.82) is 0 Å². The monoisotopic (exact) mass is 318 g/mol. The highest BCUT2D eigenvalue weighted by atomic mass is 79.9. The van der Waals surface area contributed by atoms with Crippen molar-refractivity contribution >= 4 is 15.9 Å². The van der Waals surface area contributed by atoms with E-state index in [2.05, 4.69) is 29.8 Å². The highest BCUT2D eigenvalue weighted by molar-refractivity contribution is 9.09. The molecule has 0 saturated heterocycles. The minimum absolute atomic E-state index is 0.00712. The lowest BCUT2D eigenvalue weighted by Crippen LogP contribution is -2.08. The maximum Gasteiger partial charge on any atom is 0.163 e. The molecule has 18 heavy (non-hydrogen) atoms. The van der Waals surface area contributed by atoms with E-state index in [1.54, 1.807) is 13.2 Å². The Morgan fingerprint density at radius 1 is 1.11 bits per heavy atom. The van der Waals surface area contributed by atoms with Crippen LogP contribution in [0.25, 0.3) is 0 Å². The van der Waals surface area contributed by atoms with Crippen LogP contribution in [0.15, 0.2) is 12.1 Å². The summed E-state index contributed by atoms with van der Waals surface area (Å²) in [5, 5.41) is 0. The van der Waals surface area contributed by atoms with Crippen LogP contribution in [-0.4, -0.2) is 14.2 Å². The molecule has 0 N–H and O–H groups in total. The lowest BCUT2D eigenvalue weighted by atomic mass is 9.94. The smallest absolute Gasteiger partial charge is 0.163 e. The number of hydrogen-bond donors (Lipinski definition) is 0. The van der Waals surface area contributed by atoms with Crippen LogP contribution in [0.3, 0.4) is 0 Å². The number of methoxy groups -OCH3 is 2. The van der Waals surface area contributed by atoms with Gasteiger partial charge in [-0.2, -0.15) is 0 Å². The van der Waals surface area contributed by atoms with Crippen molar-refractivity contribution in [1.82, 2.24) is 0 Å². The number of hydrogen-bond acceptors (Lipinski definition) is 2. The third kappa shape index (κ3) is 3.16. The van der Waals surface area contributed by atoms with Gasteiger partial charge >= 0.3 is 0 Å². The Labute approximate surface area is 117 Å². The summed E-state index contributed by atoms with van der Waals surface area (Å²) < 4.78 is 24.4. The highest BCUT2D eigenvalue weighted by Gasteiger charge is 2.22. The molecule has 0 aliphatic heterocycles. The topological polar surface area (TPSA) is 18.5 Å². The Morgan fingerprint density at radius 2 is 1.61 bits per heavy atom. The standard InChI is InChI=1S/C14H20BrFO2/c1-5-9(6-2)14(15)10-7-12(17-3)13(18-4)8-11(10)16/h7-9,14H,5-6H2,1-4H3. The van der Waals surface area contributed by atoms with Gasteiger partial charge in [-0.05, 0) is 12.0 Å². The molecule has 1 atom stereocenters. The predicted octanol–water partition coefficient (Wildman–Crippen LogP) is 4.72. The van der Waals surface area contributed by atoms with Crippen molar-refractivity contribution in [3.8, 4) is 11.5 Å². The van der Waals surface area contributed by atoms with E-state index in [1.165, 1.54) is 13.2 Å². The molecule has 0 saturated carbocycles. The molecule has 0 amide bonds. The van der Waals surface area contributed by atoms with Crippen LogP contribution in [0.5, 0.6) is 11.5 Å². The van der Waals surface area contributed by atoms with Crippen LogP contribution in [0.1, 0.15) is 37.1 Å². The van der Waals surface area contributed by atoms with Gasteiger partial charge in [-0.3, -0.25) is 0 Å². The number of alkyl halides is 1. The number of benzene rings is 1. The molecule has 2 nitrogen and oxygen atoms in total. The van der Waals surface area contributed by atoms with E-state index in [1.807, 2.05) is 0 Å². The maximum atomic E-state index is 14.1. The molecule has 0 aliphatic rings. The zero-order valence-electron chi connectivity index (χ0n) is 11.3. The van der Waals surface area contributed by atoms with Crippen molar-refractivity contribution in [2.24, 2.45) is 5.92 Å². The molecule has 0 radical (unpaired) electrons. The zero-order valence-corrected chi connectivity index (χ0v) is 12.9. The second kappa shape index (κ2) is 6.98. The van der Waals surface area contributed by atoms with Gasteiger partial charge in [0.15, 0.2) is 11.5 Å². The Hall–Kier alpha value is -0.770. The summed E-state index contributed by atoms with van der Waals surface area (Å²) in [7, 11) is 3.06. The van der Waals surface area contributed by atoms with Crippen molar-refractivity contribution in [2.75, 3.05) is 14.2 Å². The van der Waals surface area contributed by atoms with Gasteiger partial charge in [-0.25, -0.2) is 4.39 Å². The third-order valence-corrected chi connectivity index (χ3v) is 4.50. The van der Waals surface area contributed by atoms with Crippen LogP contribution in [0, 0.1) is 11.7 Å². The van der Waals surface area contributed by atoms with Gasteiger partial charge in [0.25, 0.3) is 0 Å². The minimum Gasteiger partial charge on any atom is -0.493 e. The van der Waals surface area contributed by atoms with Gasteiger partial charge in [-0.15, -0.1) is 0 Å². The average Bonchev–Trinajstić information content (AvgIpc) is 2.39. The van der Waals surface area contributed by atoms with Gasteiger partial charge < -0.3 is 9.47 Å². The zero-order chi connectivity index (χ0) is 13.7. The highest BCUT2D eigenvalue weighted by Crippen LogP contribution is 2.40. The number of halogens is 2. The number of ether oxygens (including phenoxy) is 2. The summed E-state index contributed by atoms with van der Waals surface area (Å²) >= 11 is 3.60. The average molecular weight is 319 g/mol. The molecular weight excluding hydrogens is 299 g/mol. The summed E-state index contributed by atoms with van der Waals surface area (Å²) in [4.78, 5) is -0.00712. The van der Waals surface area contributed by atoms with E-state index in [0.29, 0.717) is 23.0 Å². The molecule has 0 bridgehead atoms. The van der Waals surface area contributed by atoms with E-state index in [-0.39, 0.29) is 10.6 Å². The molecule has 4 heteroatoms. The predicted molar refractivity (Wildman–Crippen MR) is 75.2 cm³/mol. The fraction of sp³-hybridized carbons (Fsp3) is 0.571. The Kier molecular flexibility index (Phi) is 5.93. The second-order valence-corrected chi connectivity index (χ2v) is 5.19. The van der Waals surface area contributed by atoms with Crippen molar-refractivity contribution in [3.63, 3.8) is 0 Å². The van der Waals surface area contributed by atoms with E-state index in [0.717, 1.165) is 12.8 Å². The first-order valence-electron chi connectivity index (χ1n) is 6.14. The minimum atomic E-state index is -0.263. The summed E-state index contributed by atoms with van der Waals surface area (Å²) in [5.41, 5.74) is 0.626. The normalized spacial score (nSPS) is 12.6. The van der Waals surface area contributed by atoms with E-state index in [9.17, 15) is 4.39 Å². The lowest BCUT2D eigenvalue weighted by Gasteiger charge is -2.21. The molecule has 1 rings (SSSR count). The Morgan fingerprint density at radius 3 is 2.06 bits per heavy atom. The first-order chi connectivity index (χ1) is 8.58. The first kappa shape index (κ1) is 15.3. The SMILES string of the molecule is CCC(CC)C(Br)c1cc(OC)c(OC)cc1F. The molecule has 1 unspecified atom stereocenters. The first-order valence-corrected chi connectivity index (χ1v) is 7.06. The van der Waals surface area contributed by atoms with Crippen LogP contribution in [0.4, 0.5) is 4.39 Å². The van der Waals surface area contributed by atoms with Crippen molar-refractivity contribution in [2.45, 2.75) is 31.5 Å². The van der Waals surface area contributed by atoms with Gasteiger partial charge in [0.05, 0.1) is 14.2 Å². The van der Waals surface area contributed by atoms with Crippen molar-refractivity contribution < 1.29 is 13.9 Å². The maximum absolute atomic E-state index is 14.1. The van der Waals surface area contributed by atoms with Crippen LogP contribution in [-0.2, 0) is 0 Å². The molecule has 0 heterocycles. The fourth-order valence-electron chi connectivity index (χ4n) is 2.04. The molecular formula is C14H20BrFO2. The fourth-order valence-corrected chi connectivity index (χ4v) is 3.14. The van der Waals surface area contributed by atoms with E-state index in [4.69, 9.17) is 9.47 Å². The molecule has 1 aromatic rings.